The number of thiazole rings is 1. The Kier molecular flexibility index (Phi) is 6.43. The number of fused-ring (bicyclic) bond motifs is 1. The molecule has 1 aromatic heterocycles. The normalized spacial score (nSPS) is 19.3. The number of carbonyl (C=O) groups is 2. The molecule has 1 aliphatic heterocycles. The summed E-state index contributed by atoms with van der Waals surface area (Å²) >= 11 is 1.62. The van der Waals surface area contributed by atoms with E-state index in [-0.39, 0.29) is 12.3 Å². The summed E-state index contributed by atoms with van der Waals surface area (Å²) in [6.45, 7) is 6.96. The van der Waals surface area contributed by atoms with E-state index in [2.05, 4.69) is 35.0 Å². The van der Waals surface area contributed by atoms with Gasteiger partial charge in [0.25, 0.3) is 5.91 Å². The number of rotatable bonds is 6. The maximum absolute atomic E-state index is 11.9. The van der Waals surface area contributed by atoms with E-state index in [1.165, 1.54) is 0 Å². The van der Waals surface area contributed by atoms with Crippen molar-refractivity contribution in [3.63, 3.8) is 0 Å². The fourth-order valence-electron chi connectivity index (χ4n) is 4.38. The zero-order valence-electron chi connectivity index (χ0n) is 18.5. The highest BCUT2D eigenvalue weighted by molar-refractivity contribution is 7.22. The van der Waals surface area contributed by atoms with Gasteiger partial charge in [0.15, 0.2) is 5.13 Å². The van der Waals surface area contributed by atoms with E-state index in [1.807, 2.05) is 36.4 Å². The van der Waals surface area contributed by atoms with Crippen LogP contribution in [0.15, 0.2) is 42.5 Å². The summed E-state index contributed by atoms with van der Waals surface area (Å²) in [6, 6.07) is 14.1. The lowest BCUT2D eigenvalue weighted by atomic mass is 10.0. The first-order valence-corrected chi connectivity index (χ1v) is 11.6. The molecule has 2 atom stereocenters. The first-order chi connectivity index (χ1) is 15.3. The summed E-state index contributed by atoms with van der Waals surface area (Å²) in [5.74, 6) is -0.902. The Morgan fingerprint density at radius 1 is 1.12 bits per heavy atom. The molecule has 168 valence electrons. The van der Waals surface area contributed by atoms with E-state index in [0.717, 1.165) is 46.1 Å². The number of carboxylic acid groups (broad SMARTS) is 1. The second kappa shape index (κ2) is 9.26. The molecule has 0 unspecified atom stereocenters. The predicted octanol–water partition coefficient (Wildman–Crippen LogP) is 3.38. The van der Waals surface area contributed by atoms with Crippen molar-refractivity contribution in [1.82, 2.24) is 15.2 Å². The third-order valence-electron chi connectivity index (χ3n) is 5.95. The Morgan fingerprint density at radius 3 is 2.53 bits per heavy atom. The van der Waals surface area contributed by atoms with Crippen LogP contribution in [-0.2, 0) is 17.8 Å². The Hall–Kier alpha value is -2.97. The predicted molar refractivity (Wildman–Crippen MR) is 127 cm³/mol. The quantitative estimate of drug-likeness (QED) is 0.596. The van der Waals surface area contributed by atoms with E-state index in [9.17, 15) is 9.59 Å². The number of benzene rings is 2. The number of hydrogen-bond acceptors (Lipinski definition) is 6. The molecular weight excluding hydrogens is 424 g/mol. The van der Waals surface area contributed by atoms with Gasteiger partial charge >= 0.3 is 5.97 Å². The van der Waals surface area contributed by atoms with Crippen molar-refractivity contribution >= 4 is 38.6 Å². The van der Waals surface area contributed by atoms with Gasteiger partial charge in [0.1, 0.15) is 0 Å². The van der Waals surface area contributed by atoms with Crippen LogP contribution in [0.1, 0.15) is 35.3 Å². The molecule has 7 nitrogen and oxygen atoms in total. The Balaban J connectivity index is 1.48. The molecule has 0 spiro atoms. The van der Waals surface area contributed by atoms with Crippen molar-refractivity contribution in [3.05, 3.63) is 59.2 Å². The fraction of sp³-hybridized carbons (Fsp3) is 0.375. The van der Waals surface area contributed by atoms with Crippen molar-refractivity contribution in [3.8, 4) is 0 Å². The summed E-state index contributed by atoms with van der Waals surface area (Å²) in [6.07, 6.45) is 0.0476. The lowest BCUT2D eigenvalue weighted by molar-refractivity contribution is -0.136. The monoisotopic (exact) mass is 452 g/mol. The van der Waals surface area contributed by atoms with Gasteiger partial charge < -0.3 is 15.3 Å². The van der Waals surface area contributed by atoms with Crippen LogP contribution in [0.25, 0.3) is 10.2 Å². The molecule has 0 radical (unpaired) electrons. The van der Waals surface area contributed by atoms with Crippen LogP contribution < -0.4 is 10.2 Å². The smallest absolute Gasteiger partial charge is 0.307 e. The molecule has 32 heavy (non-hydrogen) atoms. The summed E-state index contributed by atoms with van der Waals surface area (Å²) in [5, 5.41) is 12.7. The third kappa shape index (κ3) is 4.76. The highest BCUT2D eigenvalue weighted by atomic mass is 32.1. The first-order valence-electron chi connectivity index (χ1n) is 10.8. The van der Waals surface area contributed by atoms with E-state index < -0.39 is 5.97 Å². The molecule has 0 bridgehead atoms. The zero-order chi connectivity index (χ0) is 22.8. The van der Waals surface area contributed by atoms with Crippen LogP contribution >= 0.6 is 11.3 Å². The summed E-state index contributed by atoms with van der Waals surface area (Å²) in [4.78, 5) is 32.6. The minimum absolute atomic E-state index is 0.0476. The molecular formula is C24H28N4O3S. The van der Waals surface area contributed by atoms with Crippen LogP contribution in [0.4, 0.5) is 5.13 Å². The maximum Gasteiger partial charge on any atom is 0.307 e. The van der Waals surface area contributed by atoms with Crippen molar-refractivity contribution in [2.75, 3.05) is 25.0 Å². The summed E-state index contributed by atoms with van der Waals surface area (Å²) in [7, 11) is 1.63. The van der Waals surface area contributed by atoms with E-state index in [1.54, 1.807) is 18.4 Å². The van der Waals surface area contributed by atoms with Gasteiger partial charge in [0.05, 0.1) is 16.6 Å². The second-order valence-corrected chi connectivity index (χ2v) is 9.43. The highest BCUT2D eigenvalue weighted by Crippen LogP contribution is 2.32. The molecule has 2 aromatic carbocycles. The van der Waals surface area contributed by atoms with Crippen molar-refractivity contribution in [1.29, 1.82) is 0 Å². The fourth-order valence-corrected chi connectivity index (χ4v) is 5.40. The number of nitrogens with zero attached hydrogens (tertiary/aromatic N) is 3. The van der Waals surface area contributed by atoms with Crippen LogP contribution in [0.3, 0.4) is 0 Å². The molecule has 1 fully saturated rings. The Morgan fingerprint density at radius 2 is 1.84 bits per heavy atom. The largest absolute Gasteiger partial charge is 0.481 e. The van der Waals surface area contributed by atoms with Gasteiger partial charge in [-0.25, -0.2) is 4.98 Å². The molecule has 0 saturated carbocycles. The van der Waals surface area contributed by atoms with Crippen LogP contribution in [0, 0.1) is 0 Å². The van der Waals surface area contributed by atoms with Crippen molar-refractivity contribution < 1.29 is 14.7 Å². The van der Waals surface area contributed by atoms with E-state index in [4.69, 9.17) is 10.1 Å². The lowest BCUT2D eigenvalue weighted by Gasteiger charge is -2.44. The number of hydrogen-bond donors (Lipinski definition) is 2. The molecule has 3 aromatic rings. The average Bonchev–Trinajstić information content (AvgIpc) is 3.19. The maximum atomic E-state index is 11.9. The average molecular weight is 453 g/mol. The topological polar surface area (TPSA) is 85.8 Å². The van der Waals surface area contributed by atoms with Gasteiger partial charge in [0, 0.05) is 44.3 Å². The molecule has 8 heteroatoms. The Bertz CT molecular complexity index is 1130. The second-order valence-electron chi connectivity index (χ2n) is 8.42. The number of anilines is 1. The molecule has 0 aliphatic carbocycles. The molecule has 1 saturated heterocycles. The van der Waals surface area contributed by atoms with E-state index >= 15 is 0 Å². The van der Waals surface area contributed by atoms with Crippen LogP contribution in [-0.4, -0.2) is 59.1 Å². The zero-order valence-corrected chi connectivity index (χ0v) is 19.4. The molecule has 2 N–H and O–H groups in total. The van der Waals surface area contributed by atoms with Gasteiger partial charge in [-0.1, -0.05) is 35.6 Å². The third-order valence-corrected chi connectivity index (χ3v) is 7.03. The first kappa shape index (κ1) is 22.2. The number of carbonyl (C=O) groups excluding carboxylic acids is 1. The Labute approximate surface area is 191 Å². The SMILES string of the molecule is CNC(=O)c1ccc2nc(N3C[C@@H](C)N(Cc4cccc(CC(=O)O)c4)[C@@H](C)C3)sc2c1. The number of aliphatic carboxylic acids is 1. The van der Waals surface area contributed by atoms with Gasteiger partial charge in [-0.05, 0) is 43.2 Å². The minimum atomic E-state index is -0.809. The molecule has 4 rings (SSSR count). The number of amides is 1. The summed E-state index contributed by atoms with van der Waals surface area (Å²) < 4.78 is 1.01. The van der Waals surface area contributed by atoms with E-state index in [0.29, 0.717) is 17.6 Å². The van der Waals surface area contributed by atoms with Gasteiger partial charge in [0.2, 0.25) is 0 Å². The lowest BCUT2D eigenvalue weighted by Crippen LogP contribution is -2.56. The van der Waals surface area contributed by atoms with Crippen molar-refractivity contribution in [2.45, 2.75) is 38.9 Å². The van der Waals surface area contributed by atoms with Crippen LogP contribution in [0.2, 0.25) is 0 Å². The molecule has 2 heterocycles. The van der Waals surface area contributed by atoms with Gasteiger partial charge in [-0.2, -0.15) is 0 Å². The number of piperazine rings is 1. The molecule has 1 aliphatic rings. The number of carboxylic acids is 1. The standard InChI is InChI=1S/C24H28N4O3S/c1-15-12-27(24-26-20-8-7-19(23(31)25-3)11-21(20)32-24)13-16(2)28(15)14-18-6-4-5-17(9-18)10-22(29)30/h4-9,11,15-16H,10,12-14H2,1-3H3,(H,25,31)(H,29,30)/t15-,16+. The highest BCUT2D eigenvalue weighted by Gasteiger charge is 2.31. The van der Waals surface area contributed by atoms with Gasteiger partial charge in [-0.3, -0.25) is 14.5 Å². The van der Waals surface area contributed by atoms with Crippen LogP contribution in [0.5, 0.6) is 0 Å². The molecule has 1 amide bonds. The van der Waals surface area contributed by atoms with Gasteiger partial charge in [-0.15, -0.1) is 0 Å². The number of aromatic nitrogens is 1. The summed E-state index contributed by atoms with van der Waals surface area (Å²) in [5.41, 5.74) is 3.53. The van der Waals surface area contributed by atoms with Crippen molar-refractivity contribution in [2.24, 2.45) is 0 Å². The number of nitrogens with one attached hydrogen (secondary N) is 1. The minimum Gasteiger partial charge on any atom is -0.481 e.